The average molecular weight is 491 g/mol. The fourth-order valence-electron chi connectivity index (χ4n) is 2.62. The van der Waals surface area contributed by atoms with E-state index < -0.39 is 18.1 Å². The summed E-state index contributed by atoms with van der Waals surface area (Å²) in [5, 5.41) is 18.9. The Hall–Kier alpha value is -4.05. The topological polar surface area (TPSA) is 105 Å². The van der Waals surface area contributed by atoms with Gasteiger partial charge in [-0.2, -0.15) is 13.2 Å². The van der Waals surface area contributed by atoms with Crippen LogP contribution in [-0.2, 0) is 22.7 Å². The van der Waals surface area contributed by atoms with Gasteiger partial charge in [-0.05, 0) is 47.5 Å². The predicted octanol–water partition coefficient (Wildman–Crippen LogP) is 5.26. The molecule has 0 fully saturated rings. The first-order valence-electron chi connectivity index (χ1n) is 10.4. The number of carboxylic acids is 2. The van der Waals surface area contributed by atoms with Crippen LogP contribution < -0.4 is 14.8 Å². The molecule has 35 heavy (non-hydrogen) atoms. The van der Waals surface area contributed by atoms with Crippen molar-refractivity contribution < 1.29 is 42.4 Å². The van der Waals surface area contributed by atoms with Crippen molar-refractivity contribution in [2.45, 2.75) is 25.7 Å². The standard InChI is InChI=1S/C23H23NO4.C2HF3O2/c25-23(26)13-14-24-16-18-9-11-20(12-10-18)27-17-19-5-4-8-22(15-19)28-21-6-2-1-3-7-21;3-2(4,5)1(6)7/h1-12,15,24H,13-14,16-17H2,(H,25,26);(H,6,7). The first-order chi connectivity index (χ1) is 16.6. The molecular weight excluding hydrogens is 467 g/mol. The Morgan fingerprint density at radius 1 is 0.800 bits per heavy atom. The predicted molar refractivity (Wildman–Crippen MR) is 121 cm³/mol. The number of alkyl halides is 3. The SMILES string of the molecule is O=C(O)C(F)(F)F.O=C(O)CCNCc1ccc(OCc2cccc(Oc3ccccc3)c2)cc1. The van der Waals surface area contributed by atoms with E-state index in [1.165, 1.54) is 0 Å². The van der Waals surface area contributed by atoms with Gasteiger partial charge in [-0.1, -0.05) is 42.5 Å². The van der Waals surface area contributed by atoms with Crippen molar-refractivity contribution in [3.63, 3.8) is 0 Å². The lowest BCUT2D eigenvalue weighted by Gasteiger charge is -2.10. The van der Waals surface area contributed by atoms with Gasteiger partial charge in [0.1, 0.15) is 23.9 Å². The van der Waals surface area contributed by atoms with Gasteiger partial charge >= 0.3 is 18.1 Å². The monoisotopic (exact) mass is 491 g/mol. The largest absolute Gasteiger partial charge is 0.490 e. The Kier molecular flexibility index (Phi) is 10.6. The summed E-state index contributed by atoms with van der Waals surface area (Å²) < 4.78 is 43.4. The maximum absolute atomic E-state index is 10.6. The average Bonchev–Trinajstić information content (AvgIpc) is 2.82. The second-order valence-corrected chi connectivity index (χ2v) is 7.12. The first-order valence-corrected chi connectivity index (χ1v) is 10.4. The molecule has 0 aliphatic carbocycles. The lowest BCUT2D eigenvalue weighted by atomic mass is 10.2. The van der Waals surface area contributed by atoms with Gasteiger partial charge in [-0.3, -0.25) is 4.79 Å². The van der Waals surface area contributed by atoms with Crippen LogP contribution in [0.1, 0.15) is 17.5 Å². The number of aliphatic carboxylic acids is 2. The Morgan fingerprint density at radius 2 is 1.43 bits per heavy atom. The minimum absolute atomic E-state index is 0.119. The Balaban J connectivity index is 0.000000540. The first kappa shape index (κ1) is 27.2. The third kappa shape index (κ3) is 11.1. The van der Waals surface area contributed by atoms with E-state index >= 15 is 0 Å². The van der Waals surface area contributed by atoms with Crippen molar-refractivity contribution in [2.24, 2.45) is 0 Å². The molecule has 3 aromatic carbocycles. The minimum atomic E-state index is -5.08. The van der Waals surface area contributed by atoms with Crippen LogP contribution in [0.4, 0.5) is 13.2 Å². The van der Waals surface area contributed by atoms with Gasteiger partial charge in [0.25, 0.3) is 0 Å². The molecule has 0 radical (unpaired) electrons. The molecule has 0 aromatic heterocycles. The summed E-state index contributed by atoms with van der Waals surface area (Å²) in [5.74, 6) is -1.20. The molecule has 0 bridgehead atoms. The van der Waals surface area contributed by atoms with E-state index in [9.17, 15) is 18.0 Å². The van der Waals surface area contributed by atoms with Crippen LogP contribution in [0, 0.1) is 0 Å². The molecular formula is C25H24F3NO6. The van der Waals surface area contributed by atoms with Crippen LogP contribution in [-0.4, -0.2) is 34.9 Å². The Morgan fingerprint density at radius 3 is 2.03 bits per heavy atom. The maximum atomic E-state index is 10.6. The van der Waals surface area contributed by atoms with E-state index in [0.717, 1.165) is 28.4 Å². The van der Waals surface area contributed by atoms with Crippen molar-refractivity contribution >= 4 is 11.9 Å². The third-order valence-electron chi connectivity index (χ3n) is 4.29. The van der Waals surface area contributed by atoms with E-state index in [4.69, 9.17) is 24.5 Å². The van der Waals surface area contributed by atoms with Crippen molar-refractivity contribution in [1.29, 1.82) is 0 Å². The van der Waals surface area contributed by atoms with Crippen molar-refractivity contribution in [2.75, 3.05) is 6.54 Å². The summed E-state index contributed by atoms with van der Waals surface area (Å²) in [6, 6.07) is 25.3. The van der Waals surface area contributed by atoms with Crippen LogP contribution in [0.3, 0.4) is 0 Å². The zero-order chi connectivity index (χ0) is 25.7. The molecule has 0 spiro atoms. The summed E-state index contributed by atoms with van der Waals surface area (Å²) in [4.78, 5) is 19.4. The number of hydrogen-bond acceptors (Lipinski definition) is 5. The molecule has 0 heterocycles. The van der Waals surface area contributed by atoms with Crippen molar-refractivity contribution in [3.05, 3.63) is 90.0 Å². The number of para-hydroxylation sites is 1. The second kappa shape index (κ2) is 13.6. The molecule has 186 valence electrons. The summed E-state index contributed by atoms with van der Waals surface area (Å²) in [6.07, 6.45) is -4.96. The fraction of sp³-hybridized carbons (Fsp3) is 0.200. The lowest BCUT2D eigenvalue weighted by molar-refractivity contribution is -0.192. The number of ether oxygens (including phenoxy) is 2. The third-order valence-corrected chi connectivity index (χ3v) is 4.29. The second-order valence-electron chi connectivity index (χ2n) is 7.12. The van der Waals surface area contributed by atoms with Crippen LogP contribution in [0.15, 0.2) is 78.9 Å². The van der Waals surface area contributed by atoms with E-state index in [1.807, 2.05) is 78.9 Å². The highest BCUT2D eigenvalue weighted by Gasteiger charge is 2.38. The maximum Gasteiger partial charge on any atom is 0.490 e. The quantitative estimate of drug-likeness (QED) is 0.333. The molecule has 0 unspecified atom stereocenters. The fourth-order valence-corrected chi connectivity index (χ4v) is 2.62. The molecule has 0 aliphatic rings. The summed E-state index contributed by atoms with van der Waals surface area (Å²) >= 11 is 0. The van der Waals surface area contributed by atoms with Gasteiger partial charge in [0.2, 0.25) is 0 Å². The lowest BCUT2D eigenvalue weighted by Crippen LogP contribution is -2.21. The van der Waals surface area contributed by atoms with Crippen molar-refractivity contribution in [3.8, 4) is 17.2 Å². The normalized spacial score (nSPS) is 10.6. The smallest absolute Gasteiger partial charge is 0.489 e. The molecule has 0 aliphatic heterocycles. The summed E-state index contributed by atoms with van der Waals surface area (Å²) in [6.45, 7) is 1.53. The van der Waals surface area contributed by atoms with Crippen molar-refractivity contribution in [1.82, 2.24) is 5.32 Å². The molecule has 7 nitrogen and oxygen atoms in total. The van der Waals surface area contributed by atoms with Gasteiger partial charge in [0.15, 0.2) is 0 Å². The molecule has 0 amide bonds. The molecule has 3 rings (SSSR count). The number of halogens is 3. The molecule has 0 atom stereocenters. The van der Waals surface area contributed by atoms with E-state index in [2.05, 4.69) is 5.32 Å². The Bertz CT molecular complexity index is 1070. The number of carbonyl (C=O) groups is 2. The van der Waals surface area contributed by atoms with E-state index in [-0.39, 0.29) is 6.42 Å². The number of hydrogen-bond donors (Lipinski definition) is 3. The van der Waals surface area contributed by atoms with Gasteiger partial charge < -0.3 is 25.0 Å². The van der Waals surface area contributed by atoms with Crippen LogP contribution in [0.25, 0.3) is 0 Å². The number of rotatable bonds is 10. The molecule has 0 saturated heterocycles. The molecule has 3 N–H and O–H groups in total. The van der Waals surface area contributed by atoms with Gasteiger partial charge in [0.05, 0.1) is 6.42 Å². The number of nitrogens with one attached hydrogen (secondary N) is 1. The van der Waals surface area contributed by atoms with Crippen LogP contribution >= 0.6 is 0 Å². The number of benzene rings is 3. The molecule has 10 heteroatoms. The van der Waals surface area contributed by atoms with E-state index in [0.29, 0.717) is 19.7 Å². The van der Waals surface area contributed by atoms with Crippen LogP contribution in [0.2, 0.25) is 0 Å². The van der Waals surface area contributed by atoms with Gasteiger partial charge in [-0.15, -0.1) is 0 Å². The highest BCUT2D eigenvalue weighted by atomic mass is 19.4. The zero-order valence-electron chi connectivity index (χ0n) is 18.5. The zero-order valence-corrected chi connectivity index (χ0v) is 18.5. The minimum Gasteiger partial charge on any atom is -0.489 e. The number of carboxylic acid groups (broad SMARTS) is 2. The molecule has 0 saturated carbocycles. The van der Waals surface area contributed by atoms with Gasteiger partial charge in [-0.25, -0.2) is 4.79 Å². The molecule has 3 aromatic rings. The highest BCUT2D eigenvalue weighted by molar-refractivity contribution is 5.73. The van der Waals surface area contributed by atoms with Crippen LogP contribution in [0.5, 0.6) is 17.2 Å². The Labute approximate surface area is 199 Å². The summed E-state index contributed by atoms with van der Waals surface area (Å²) in [5.41, 5.74) is 2.10. The van der Waals surface area contributed by atoms with Gasteiger partial charge in [0, 0.05) is 13.1 Å². The highest BCUT2D eigenvalue weighted by Crippen LogP contribution is 2.23. The summed E-state index contributed by atoms with van der Waals surface area (Å²) in [7, 11) is 0. The van der Waals surface area contributed by atoms with E-state index in [1.54, 1.807) is 0 Å².